The zero-order chi connectivity index (χ0) is 15.0. The van der Waals surface area contributed by atoms with Crippen LogP contribution in [0, 0.1) is 5.82 Å². The van der Waals surface area contributed by atoms with Gasteiger partial charge < -0.3 is 14.8 Å². The maximum absolute atomic E-state index is 13.3. The second kappa shape index (κ2) is 8.53. The third kappa shape index (κ3) is 5.17. The Bertz CT molecular complexity index is 437. The van der Waals surface area contributed by atoms with Crippen LogP contribution in [0.4, 0.5) is 4.39 Å². The zero-order valence-electron chi connectivity index (χ0n) is 12.2. The molecule has 0 saturated carbocycles. The Morgan fingerprint density at radius 1 is 1.45 bits per heavy atom. The van der Waals surface area contributed by atoms with Gasteiger partial charge in [0.2, 0.25) is 0 Å². The van der Waals surface area contributed by atoms with Crippen LogP contribution in [0.5, 0.6) is 5.75 Å². The average molecular weight is 283 g/mol. The molecule has 112 valence electrons. The first-order valence-corrected chi connectivity index (χ1v) is 6.83. The van der Waals surface area contributed by atoms with Crippen molar-refractivity contribution >= 4 is 5.97 Å². The monoisotopic (exact) mass is 283 g/mol. The van der Waals surface area contributed by atoms with Gasteiger partial charge in [-0.2, -0.15) is 0 Å². The van der Waals surface area contributed by atoms with Crippen LogP contribution < -0.4 is 10.1 Å². The van der Waals surface area contributed by atoms with E-state index in [2.05, 4.69) is 5.32 Å². The molecule has 0 bridgehead atoms. The van der Waals surface area contributed by atoms with Crippen molar-refractivity contribution in [3.63, 3.8) is 0 Å². The number of ether oxygens (including phenoxy) is 2. The van der Waals surface area contributed by atoms with Crippen LogP contribution in [-0.2, 0) is 9.53 Å². The molecule has 5 heteroatoms. The van der Waals surface area contributed by atoms with E-state index in [1.165, 1.54) is 12.1 Å². The molecule has 0 radical (unpaired) electrons. The number of unbranched alkanes of at least 4 members (excludes halogenated alkanes) is 1. The first-order chi connectivity index (χ1) is 9.58. The number of esters is 1. The summed E-state index contributed by atoms with van der Waals surface area (Å²) in [4.78, 5) is 11.5. The van der Waals surface area contributed by atoms with E-state index in [0.29, 0.717) is 12.4 Å². The van der Waals surface area contributed by atoms with Gasteiger partial charge in [-0.3, -0.25) is 0 Å². The predicted octanol–water partition coefficient (Wildman–Crippen LogP) is 2.83. The number of carbonyl (C=O) groups excluding carboxylic acids is 1. The van der Waals surface area contributed by atoms with Crippen LogP contribution in [0.25, 0.3) is 0 Å². The number of carbonyl (C=O) groups is 1. The summed E-state index contributed by atoms with van der Waals surface area (Å²) in [6.45, 7) is 4.13. The average Bonchev–Trinajstić information content (AvgIpc) is 2.44. The Morgan fingerprint density at radius 3 is 2.85 bits per heavy atom. The molecule has 4 nitrogen and oxygen atoms in total. The standard InChI is InChI=1S/C15H22FNO3/c1-4-5-8-19-15(18)10-20-14-9-12(16)6-7-13(14)11(2)17-3/h6-7,9,11,17H,4-5,8,10H2,1-3H3. The highest BCUT2D eigenvalue weighted by Crippen LogP contribution is 2.25. The molecule has 1 atom stereocenters. The highest BCUT2D eigenvalue weighted by Gasteiger charge is 2.13. The molecule has 0 amide bonds. The van der Waals surface area contributed by atoms with Gasteiger partial charge in [0.25, 0.3) is 0 Å². The van der Waals surface area contributed by atoms with Gasteiger partial charge in [-0.15, -0.1) is 0 Å². The predicted molar refractivity (Wildman–Crippen MR) is 75.2 cm³/mol. The number of rotatable bonds is 8. The molecule has 1 unspecified atom stereocenters. The lowest BCUT2D eigenvalue weighted by Gasteiger charge is -2.16. The van der Waals surface area contributed by atoms with E-state index < -0.39 is 11.8 Å². The van der Waals surface area contributed by atoms with E-state index in [-0.39, 0.29) is 12.6 Å². The maximum Gasteiger partial charge on any atom is 0.344 e. The van der Waals surface area contributed by atoms with Gasteiger partial charge in [0, 0.05) is 17.7 Å². The summed E-state index contributed by atoms with van der Waals surface area (Å²) in [6, 6.07) is 4.30. The largest absolute Gasteiger partial charge is 0.481 e. The molecule has 0 fully saturated rings. The number of hydrogen-bond acceptors (Lipinski definition) is 4. The molecule has 0 aliphatic rings. The molecule has 1 N–H and O–H groups in total. The fraction of sp³-hybridized carbons (Fsp3) is 0.533. The van der Waals surface area contributed by atoms with Gasteiger partial charge in [-0.05, 0) is 26.5 Å². The van der Waals surface area contributed by atoms with Crippen molar-refractivity contribution in [3.8, 4) is 5.75 Å². The molecule has 1 aromatic carbocycles. The van der Waals surface area contributed by atoms with Crippen LogP contribution in [-0.4, -0.2) is 26.2 Å². The smallest absolute Gasteiger partial charge is 0.344 e. The highest BCUT2D eigenvalue weighted by atomic mass is 19.1. The lowest BCUT2D eigenvalue weighted by Crippen LogP contribution is -2.18. The van der Waals surface area contributed by atoms with E-state index in [4.69, 9.17) is 9.47 Å². The van der Waals surface area contributed by atoms with Crippen molar-refractivity contribution in [3.05, 3.63) is 29.6 Å². The topological polar surface area (TPSA) is 47.6 Å². The third-order valence-corrected chi connectivity index (χ3v) is 2.98. The molecule has 0 heterocycles. The van der Waals surface area contributed by atoms with Gasteiger partial charge in [-0.1, -0.05) is 19.4 Å². The van der Waals surface area contributed by atoms with Crippen molar-refractivity contribution in [1.82, 2.24) is 5.32 Å². The fourth-order valence-corrected chi connectivity index (χ4v) is 1.66. The molecule has 20 heavy (non-hydrogen) atoms. The maximum atomic E-state index is 13.3. The SMILES string of the molecule is CCCCOC(=O)COc1cc(F)ccc1C(C)NC. The van der Waals surface area contributed by atoms with Crippen molar-refractivity contribution in [2.75, 3.05) is 20.3 Å². The Balaban J connectivity index is 2.62. The van der Waals surface area contributed by atoms with E-state index in [9.17, 15) is 9.18 Å². The summed E-state index contributed by atoms with van der Waals surface area (Å²) in [5, 5.41) is 3.05. The quantitative estimate of drug-likeness (QED) is 0.588. The van der Waals surface area contributed by atoms with Gasteiger partial charge in [0.15, 0.2) is 6.61 Å². The molecule has 0 aliphatic carbocycles. The Hall–Kier alpha value is -1.62. The fourth-order valence-electron chi connectivity index (χ4n) is 1.66. The van der Waals surface area contributed by atoms with Gasteiger partial charge in [0.1, 0.15) is 11.6 Å². The number of hydrogen-bond donors (Lipinski definition) is 1. The lowest BCUT2D eigenvalue weighted by molar-refractivity contribution is -0.146. The number of halogens is 1. The van der Waals surface area contributed by atoms with Gasteiger partial charge in [0.05, 0.1) is 6.61 Å². The van der Waals surface area contributed by atoms with E-state index >= 15 is 0 Å². The minimum atomic E-state index is -0.439. The molecule has 1 rings (SSSR count). The normalized spacial score (nSPS) is 12.0. The summed E-state index contributed by atoms with van der Waals surface area (Å²) in [6.07, 6.45) is 1.79. The molecule has 0 saturated heterocycles. The summed E-state index contributed by atoms with van der Waals surface area (Å²) in [7, 11) is 1.80. The molecule has 0 aliphatic heterocycles. The van der Waals surface area contributed by atoms with Crippen molar-refractivity contribution < 1.29 is 18.7 Å². The van der Waals surface area contributed by atoms with E-state index in [1.807, 2.05) is 13.8 Å². The zero-order valence-corrected chi connectivity index (χ0v) is 12.2. The number of nitrogens with one attached hydrogen (secondary N) is 1. The van der Waals surface area contributed by atoms with Crippen LogP contribution in [0.15, 0.2) is 18.2 Å². The van der Waals surface area contributed by atoms with E-state index in [1.54, 1.807) is 13.1 Å². The molecule has 0 spiro atoms. The van der Waals surface area contributed by atoms with Gasteiger partial charge >= 0.3 is 5.97 Å². The lowest BCUT2D eigenvalue weighted by atomic mass is 10.1. The summed E-state index contributed by atoms with van der Waals surface area (Å²) in [5.74, 6) is -0.475. The molecular formula is C15H22FNO3. The minimum Gasteiger partial charge on any atom is -0.481 e. The van der Waals surface area contributed by atoms with Crippen LogP contribution in [0.1, 0.15) is 38.3 Å². The van der Waals surface area contributed by atoms with Crippen molar-refractivity contribution in [1.29, 1.82) is 0 Å². The van der Waals surface area contributed by atoms with Crippen LogP contribution >= 0.6 is 0 Å². The second-order valence-corrected chi connectivity index (χ2v) is 4.56. The summed E-state index contributed by atoms with van der Waals surface area (Å²) < 4.78 is 23.6. The van der Waals surface area contributed by atoms with Gasteiger partial charge in [-0.25, -0.2) is 9.18 Å². The highest BCUT2D eigenvalue weighted by molar-refractivity contribution is 5.71. The van der Waals surface area contributed by atoms with Crippen molar-refractivity contribution in [2.24, 2.45) is 0 Å². The Morgan fingerprint density at radius 2 is 2.20 bits per heavy atom. The minimum absolute atomic E-state index is 0.00159. The summed E-state index contributed by atoms with van der Waals surface area (Å²) >= 11 is 0. The number of benzene rings is 1. The van der Waals surface area contributed by atoms with Crippen LogP contribution in [0.3, 0.4) is 0 Å². The van der Waals surface area contributed by atoms with Crippen molar-refractivity contribution in [2.45, 2.75) is 32.7 Å². The molecule has 1 aromatic rings. The molecular weight excluding hydrogens is 261 g/mol. The summed E-state index contributed by atoms with van der Waals surface area (Å²) in [5.41, 5.74) is 0.801. The third-order valence-electron chi connectivity index (χ3n) is 2.98. The Kier molecular flexibility index (Phi) is 7.01. The van der Waals surface area contributed by atoms with E-state index in [0.717, 1.165) is 18.4 Å². The first-order valence-electron chi connectivity index (χ1n) is 6.83. The second-order valence-electron chi connectivity index (χ2n) is 4.56. The Labute approximate surface area is 119 Å². The first kappa shape index (κ1) is 16.4. The molecule has 0 aromatic heterocycles. The van der Waals surface area contributed by atoms with Crippen LogP contribution in [0.2, 0.25) is 0 Å².